The maximum Gasteiger partial charge on any atom is 0.339 e. The number of methoxy groups -OCH3 is 1. The van der Waals surface area contributed by atoms with E-state index >= 15 is 0 Å². The molecule has 1 fully saturated rings. The Morgan fingerprint density at radius 1 is 1.50 bits per heavy atom. The van der Waals surface area contributed by atoms with E-state index in [2.05, 4.69) is 4.74 Å². The molecule has 0 aromatic heterocycles. The maximum atomic E-state index is 14.2. The van der Waals surface area contributed by atoms with Crippen LogP contribution in [0.1, 0.15) is 30.1 Å². The third-order valence-electron chi connectivity index (χ3n) is 3.89. The van der Waals surface area contributed by atoms with Gasteiger partial charge in [0, 0.05) is 13.1 Å². The number of rotatable bonds is 4. The molecule has 1 saturated heterocycles. The van der Waals surface area contributed by atoms with Crippen LogP contribution in [0, 0.1) is 0 Å². The summed E-state index contributed by atoms with van der Waals surface area (Å²) in [5.41, 5.74) is -1.40. The van der Waals surface area contributed by atoms with Crippen LogP contribution in [0.3, 0.4) is 0 Å². The van der Waals surface area contributed by atoms with E-state index in [-0.39, 0.29) is 41.4 Å². The van der Waals surface area contributed by atoms with E-state index in [1.54, 1.807) is 6.92 Å². The van der Waals surface area contributed by atoms with Crippen molar-refractivity contribution < 1.29 is 22.3 Å². The fraction of sp³-hybridized carbons (Fsp3) is 0.500. The molecule has 1 aromatic rings. The number of halogens is 2. The molecule has 1 aliphatic rings. The summed E-state index contributed by atoms with van der Waals surface area (Å²) in [6, 6.07) is 3.75. The number of sulfonamides is 1. The van der Waals surface area contributed by atoms with E-state index < -0.39 is 21.7 Å². The van der Waals surface area contributed by atoms with Gasteiger partial charge in [0.1, 0.15) is 5.67 Å². The average Bonchev–Trinajstić information content (AvgIpc) is 2.90. The van der Waals surface area contributed by atoms with Crippen LogP contribution in [0.5, 0.6) is 0 Å². The van der Waals surface area contributed by atoms with Gasteiger partial charge in [-0.3, -0.25) is 0 Å². The molecule has 0 N–H and O–H groups in total. The topological polar surface area (TPSA) is 63.7 Å². The summed E-state index contributed by atoms with van der Waals surface area (Å²) in [5, 5.41) is -0.0193. The molecule has 0 bridgehead atoms. The van der Waals surface area contributed by atoms with E-state index in [4.69, 9.17) is 11.6 Å². The number of nitrogens with zero attached hydrogens (tertiary/aromatic N) is 1. The first-order valence-corrected chi connectivity index (χ1v) is 8.62. The number of ether oxygens (including phenoxy) is 1. The van der Waals surface area contributed by atoms with Gasteiger partial charge in [-0.2, -0.15) is 4.31 Å². The van der Waals surface area contributed by atoms with Crippen LogP contribution in [-0.2, 0) is 14.8 Å². The first-order valence-electron chi connectivity index (χ1n) is 6.80. The fourth-order valence-electron chi connectivity index (χ4n) is 2.37. The van der Waals surface area contributed by atoms with Gasteiger partial charge in [-0.15, -0.1) is 0 Å². The van der Waals surface area contributed by atoms with Crippen molar-refractivity contribution >= 4 is 27.6 Å². The first kappa shape index (κ1) is 17.2. The highest BCUT2D eigenvalue weighted by Gasteiger charge is 2.42. The Labute approximate surface area is 134 Å². The molecule has 1 heterocycles. The lowest BCUT2D eigenvalue weighted by atomic mass is 10.0. The summed E-state index contributed by atoms with van der Waals surface area (Å²) in [6.45, 7) is 1.66. The highest BCUT2D eigenvalue weighted by molar-refractivity contribution is 7.89. The summed E-state index contributed by atoms with van der Waals surface area (Å²) >= 11 is 5.94. The zero-order valence-corrected chi connectivity index (χ0v) is 13.9. The number of carbonyl (C=O) groups is 1. The van der Waals surface area contributed by atoms with Gasteiger partial charge in [-0.25, -0.2) is 17.6 Å². The second-order valence-corrected chi connectivity index (χ2v) is 7.57. The molecule has 1 atom stereocenters. The van der Waals surface area contributed by atoms with Crippen LogP contribution in [0.2, 0.25) is 5.02 Å². The number of alkyl halides is 1. The van der Waals surface area contributed by atoms with Crippen LogP contribution in [0.15, 0.2) is 23.1 Å². The molecule has 0 aliphatic carbocycles. The number of hydrogen-bond donors (Lipinski definition) is 0. The van der Waals surface area contributed by atoms with Crippen molar-refractivity contribution in [3.8, 4) is 0 Å². The monoisotopic (exact) mass is 349 g/mol. The van der Waals surface area contributed by atoms with Crippen LogP contribution < -0.4 is 0 Å². The van der Waals surface area contributed by atoms with Crippen LogP contribution in [0.4, 0.5) is 4.39 Å². The smallest absolute Gasteiger partial charge is 0.339 e. The van der Waals surface area contributed by atoms with Gasteiger partial charge in [0.25, 0.3) is 0 Å². The Morgan fingerprint density at radius 2 is 2.18 bits per heavy atom. The fourth-order valence-corrected chi connectivity index (χ4v) is 4.23. The molecule has 1 aliphatic heterocycles. The zero-order valence-electron chi connectivity index (χ0n) is 12.3. The normalized spacial score (nSPS) is 22.7. The maximum absolute atomic E-state index is 14.2. The van der Waals surface area contributed by atoms with Gasteiger partial charge >= 0.3 is 5.97 Å². The number of hydrogen-bond acceptors (Lipinski definition) is 4. The van der Waals surface area contributed by atoms with E-state index in [0.29, 0.717) is 0 Å². The third kappa shape index (κ3) is 3.11. The average molecular weight is 350 g/mol. The van der Waals surface area contributed by atoms with Crippen LogP contribution >= 0.6 is 11.6 Å². The van der Waals surface area contributed by atoms with Crippen LogP contribution in [0.25, 0.3) is 0 Å². The summed E-state index contributed by atoms with van der Waals surface area (Å²) in [5.74, 6) is -0.649. The second-order valence-electron chi connectivity index (χ2n) is 5.23. The molecule has 0 saturated carbocycles. The largest absolute Gasteiger partial charge is 0.465 e. The molecule has 22 heavy (non-hydrogen) atoms. The summed E-state index contributed by atoms with van der Waals surface area (Å²) in [6.07, 6.45) is 0.442. The second kappa shape index (κ2) is 6.14. The summed E-state index contributed by atoms with van der Waals surface area (Å²) in [4.78, 5) is 11.4. The minimum atomic E-state index is -3.83. The van der Waals surface area contributed by atoms with E-state index in [0.717, 1.165) is 4.31 Å². The van der Waals surface area contributed by atoms with Gasteiger partial charge < -0.3 is 4.74 Å². The van der Waals surface area contributed by atoms with Crippen molar-refractivity contribution in [3.63, 3.8) is 0 Å². The molecule has 1 unspecified atom stereocenters. The summed E-state index contributed by atoms with van der Waals surface area (Å²) < 4.78 is 45.0. The molecule has 1 aromatic carbocycles. The Hall–Kier alpha value is -1.18. The molecule has 5 nitrogen and oxygen atoms in total. The zero-order chi connectivity index (χ0) is 16.5. The predicted octanol–water partition coefficient (Wildman–Crippen LogP) is 2.64. The number of benzene rings is 1. The van der Waals surface area contributed by atoms with E-state index in [1.165, 1.54) is 25.3 Å². The highest BCUT2D eigenvalue weighted by atomic mass is 35.5. The molecule has 8 heteroatoms. The Morgan fingerprint density at radius 3 is 2.68 bits per heavy atom. The molecule has 2 rings (SSSR count). The molecule has 0 spiro atoms. The third-order valence-corrected chi connectivity index (χ3v) is 6.04. The van der Waals surface area contributed by atoms with Gasteiger partial charge in [0.05, 0.1) is 22.6 Å². The highest BCUT2D eigenvalue weighted by Crippen LogP contribution is 2.33. The molecule has 0 radical (unpaired) electrons. The van der Waals surface area contributed by atoms with Crippen LogP contribution in [-0.4, -0.2) is 44.6 Å². The Bertz CT molecular complexity index is 694. The Kier molecular flexibility index (Phi) is 4.79. The van der Waals surface area contributed by atoms with Crippen molar-refractivity contribution in [1.29, 1.82) is 0 Å². The van der Waals surface area contributed by atoms with Crippen molar-refractivity contribution in [2.45, 2.75) is 30.3 Å². The quantitative estimate of drug-likeness (QED) is 0.784. The van der Waals surface area contributed by atoms with Crippen molar-refractivity contribution in [2.24, 2.45) is 0 Å². The SMILES string of the molecule is CCC1(F)CCN(S(=O)(=O)c2ccc(C(=O)OC)c(Cl)c2)C1. The van der Waals surface area contributed by atoms with Crippen molar-refractivity contribution in [3.05, 3.63) is 28.8 Å². The number of esters is 1. The number of carbonyl (C=O) groups excluding carboxylic acids is 1. The van der Waals surface area contributed by atoms with E-state index in [9.17, 15) is 17.6 Å². The molecule has 122 valence electrons. The van der Waals surface area contributed by atoms with E-state index in [1.807, 2.05) is 0 Å². The minimum absolute atomic E-state index is 0.0193. The lowest BCUT2D eigenvalue weighted by Crippen LogP contribution is -2.33. The summed E-state index contributed by atoms with van der Waals surface area (Å²) in [7, 11) is -2.63. The van der Waals surface area contributed by atoms with Gasteiger partial charge in [-0.05, 0) is 31.0 Å². The Balaban J connectivity index is 2.31. The first-order chi connectivity index (χ1) is 10.2. The van der Waals surface area contributed by atoms with Crippen molar-refractivity contribution in [2.75, 3.05) is 20.2 Å². The minimum Gasteiger partial charge on any atom is -0.465 e. The van der Waals surface area contributed by atoms with Gasteiger partial charge in [0.15, 0.2) is 0 Å². The van der Waals surface area contributed by atoms with Gasteiger partial charge in [0.2, 0.25) is 10.0 Å². The predicted molar refractivity (Wildman–Crippen MR) is 80.3 cm³/mol. The molecular formula is C14H17ClFNO4S. The molecular weight excluding hydrogens is 333 g/mol. The van der Waals surface area contributed by atoms with Gasteiger partial charge in [-0.1, -0.05) is 18.5 Å². The molecule has 0 amide bonds. The van der Waals surface area contributed by atoms with Crippen molar-refractivity contribution in [1.82, 2.24) is 4.31 Å². The lowest BCUT2D eigenvalue weighted by molar-refractivity contribution is 0.0601. The lowest BCUT2D eigenvalue weighted by Gasteiger charge is -2.19. The standard InChI is InChI=1S/C14H17ClFNO4S/c1-3-14(16)6-7-17(9-14)22(19,20)10-4-5-11(12(15)8-10)13(18)21-2/h4-5,8H,3,6-7,9H2,1-2H3.